The third kappa shape index (κ3) is 6.91. The topological polar surface area (TPSA) is 29.3 Å². The van der Waals surface area contributed by atoms with Gasteiger partial charge >= 0.3 is 0 Å². The summed E-state index contributed by atoms with van der Waals surface area (Å²) in [6, 6.07) is 0. The summed E-state index contributed by atoms with van der Waals surface area (Å²) in [5.74, 6) is 7.62. The summed E-state index contributed by atoms with van der Waals surface area (Å²) in [5, 5.41) is 2.04. The third-order valence-electron chi connectivity index (χ3n) is 3.41. The molecule has 15 heavy (non-hydrogen) atoms. The summed E-state index contributed by atoms with van der Waals surface area (Å²) in [7, 11) is 0. The van der Waals surface area contributed by atoms with Gasteiger partial charge in [-0.15, -0.1) is 0 Å². The number of rotatable bonds is 9. The van der Waals surface area contributed by atoms with Gasteiger partial charge < -0.3 is 0 Å². The van der Waals surface area contributed by atoms with Crippen LogP contribution in [0, 0.1) is 11.8 Å². The van der Waals surface area contributed by atoms with Crippen molar-refractivity contribution in [3.63, 3.8) is 0 Å². The highest BCUT2D eigenvalue weighted by Gasteiger charge is 2.12. The average molecular weight is 214 g/mol. The van der Waals surface area contributed by atoms with Gasteiger partial charge in [0.05, 0.1) is 0 Å². The molecule has 0 amide bonds. The zero-order chi connectivity index (χ0) is 11.7. The maximum atomic E-state index is 6.07. The molecule has 0 fully saturated rings. The zero-order valence-electron chi connectivity index (χ0n) is 11.1. The van der Waals surface area contributed by atoms with Gasteiger partial charge in [0.1, 0.15) is 0 Å². The number of nitrogens with two attached hydrogens (primary N) is 1. The molecule has 2 heteroatoms. The van der Waals surface area contributed by atoms with Crippen molar-refractivity contribution in [1.82, 2.24) is 5.01 Å². The lowest BCUT2D eigenvalue weighted by Crippen LogP contribution is -2.39. The van der Waals surface area contributed by atoms with Crippen LogP contribution in [0.15, 0.2) is 0 Å². The molecule has 0 saturated carbocycles. The minimum Gasteiger partial charge on any atom is -0.269 e. The Morgan fingerprint density at radius 2 is 1.33 bits per heavy atom. The van der Waals surface area contributed by atoms with E-state index in [1.54, 1.807) is 0 Å². The Hall–Kier alpha value is -0.0800. The van der Waals surface area contributed by atoms with Crippen molar-refractivity contribution in [2.45, 2.75) is 59.8 Å². The van der Waals surface area contributed by atoms with E-state index in [0.717, 1.165) is 24.9 Å². The average Bonchev–Trinajstić information content (AvgIpc) is 2.25. The molecule has 0 heterocycles. The second-order valence-electron chi connectivity index (χ2n) is 4.70. The van der Waals surface area contributed by atoms with E-state index in [2.05, 4.69) is 27.7 Å². The fraction of sp³-hybridized carbons (Fsp3) is 1.00. The molecule has 0 bridgehead atoms. The van der Waals surface area contributed by atoms with E-state index < -0.39 is 0 Å². The second kappa shape index (κ2) is 9.17. The lowest BCUT2D eigenvalue weighted by Gasteiger charge is -2.25. The molecular formula is C13H30N2. The van der Waals surface area contributed by atoms with E-state index in [1.165, 1.54) is 32.1 Å². The zero-order valence-corrected chi connectivity index (χ0v) is 11.1. The first-order valence-electron chi connectivity index (χ1n) is 6.67. The third-order valence-corrected chi connectivity index (χ3v) is 3.41. The Bertz CT molecular complexity index is 132. The standard InChI is InChI=1S/C13H30N2/c1-5-9-13(8-4)11-15(14)10-12(6-2)7-3/h12-13H,5-11,14H2,1-4H3. The van der Waals surface area contributed by atoms with Crippen molar-refractivity contribution in [3.8, 4) is 0 Å². The molecule has 2 N–H and O–H groups in total. The molecule has 1 atom stereocenters. The van der Waals surface area contributed by atoms with Gasteiger partial charge in [0, 0.05) is 13.1 Å². The Balaban J connectivity index is 3.82. The molecule has 0 spiro atoms. The Morgan fingerprint density at radius 1 is 0.867 bits per heavy atom. The molecule has 0 saturated heterocycles. The van der Waals surface area contributed by atoms with E-state index in [9.17, 15) is 0 Å². The molecule has 0 aliphatic rings. The van der Waals surface area contributed by atoms with Gasteiger partial charge in [0.15, 0.2) is 0 Å². The molecular weight excluding hydrogens is 184 g/mol. The van der Waals surface area contributed by atoms with Crippen LogP contribution in [0.4, 0.5) is 0 Å². The predicted octanol–water partition coefficient (Wildman–Crippen LogP) is 3.42. The van der Waals surface area contributed by atoms with Crippen molar-refractivity contribution in [1.29, 1.82) is 0 Å². The van der Waals surface area contributed by atoms with E-state index in [4.69, 9.17) is 5.84 Å². The fourth-order valence-electron chi connectivity index (χ4n) is 2.12. The fourth-order valence-corrected chi connectivity index (χ4v) is 2.12. The Morgan fingerprint density at radius 3 is 1.73 bits per heavy atom. The van der Waals surface area contributed by atoms with Crippen molar-refractivity contribution >= 4 is 0 Å². The van der Waals surface area contributed by atoms with Crippen molar-refractivity contribution in [3.05, 3.63) is 0 Å². The smallest absolute Gasteiger partial charge is 0.0156 e. The monoisotopic (exact) mass is 214 g/mol. The van der Waals surface area contributed by atoms with Gasteiger partial charge in [-0.25, -0.2) is 5.01 Å². The highest BCUT2D eigenvalue weighted by atomic mass is 15.4. The van der Waals surface area contributed by atoms with Gasteiger partial charge in [0.25, 0.3) is 0 Å². The van der Waals surface area contributed by atoms with Crippen LogP contribution >= 0.6 is 0 Å². The number of hydrazine groups is 1. The van der Waals surface area contributed by atoms with E-state index in [0.29, 0.717) is 0 Å². The van der Waals surface area contributed by atoms with E-state index in [1.807, 2.05) is 5.01 Å². The van der Waals surface area contributed by atoms with Crippen molar-refractivity contribution in [2.24, 2.45) is 17.7 Å². The van der Waals surface area contributed by atoms with Crippen LogP contribution in [0.5, 0.6) is 0 Å². The van der Waals surface area contributed by atoms with Gasteiger partial charge in [-0.3, -0.25) is 5.84 Å². The summed E-state index contributed by atoms with van der Waals surface area (Å²) < 4.78 is 0. The van der Waals surface area contributed by atoms with Gasteiger partial charge in [-0.05, 0) is 18.3 Å². The second-order valence-corrected chi connectivity index (χ2v) is 4.70. The molecule has 0 aromatic heterocycles. The van der Waals surface area contributed by atoms with E-state index >= 15 is 0 Å². The predicted molar refractivity (Wildman–Crippen MR) is 68.5 cm³/mol. The molecule has 92 valence electrons. The van der Waals surface area contributed by atoms with E-state index in [-0.39, 0.29) is 0 Å². The molecule has 0 aliphatic carbocycles. The lowest BCUT2D eigenvalue weighted by atomic mass is 9.99. The maximum absolute atomic E-state index is 6.07. The highest BCUT2D eigenvalue weighted by molar-refractivity contribution is 4.64. The molecule has 0 rings (SSSR count). The maximum Gasteiger partial charge on any atom is 0.0156 e. The van der Waals surface area contributed by atoms with Crippen LogP contribution < -0.4 is 5.84 Å². The highest BCUT2D eigenvalue weighted by Crippen LogP contribution is 2.14. The molecule has 0 radical (unpaired) electrons. The summed E-state index contributed by atoms with van der Waals surface area (Å²) in [5.41, 5.74) is 0. The van der Waals surface area contributed by atoms with Crippen LogP contribution in [-0.4, -0.2) is 18.1 Å². The summed E-state index contributed by atoms with van der Waals surface area (Å²) in [4.78, 5) is 0. The Labute approximate surface area is 96.2 Å². The quantitative estimate of drug-likeness (QED) is 0.471. The van der Waals surface area contributed by atoms with Crippen LogP contribution in [-0.2, 0) is 0 Å². The minimum atomic E-state index is 0.772. The largest absolute Gasteiger partial charge is 0.269 e. The van der Waals surface area contributed by atoms with Gasteiger partial charge in [-0.2, -0.15) is 0 Å². The number of nitrogens with zero attached hydrogens (tertiary/aromatic N) is 1. The number of hydrogen-bond donors (Lipinski definition) is 1. The van der Waals surface area contributed by atoms with Gasteiger partial charge in [-0.1, -0.05) is 53.4 Å². The SMILES string of the molecule is CCCC(CC)CN(N)CC(CC)CC. The van der Waals surface area contributed by atoms with Crippen LogP contribution in [0.1, 0.15) is 59.8 Å². The van der Waals surface area contributed by atoms with Crippen LogP contribution in [0.3, 0.4) is 0 Å². The molecule has 0 aromatic carbocycles. The first kappa shape index (κ1) is 14.9. The first-order chi connectivity index (χ1) is 7.17. The number of hydrogen-bond acceptors (Lipinski definition) is 2. The van der Waals surface area contributed by atoms with Crippen molar-refractivity contribution < 1.29 is 0 Å². The molecule has 0 aliphatic heterocycles. The summed E-state index contributed by atoms with van der Waals surface area (Å²) in [6.07, 6.45) is 6.33. The molecule has 2 nitrogen and oxygen atoms in total. The molecule has 0 aromatic rings. The van der Waals surface area contributed by atoms with Crippen LogP contribution in [0.2, 0.25) is 0 Å². The van der Waals surface area contributed by atoms with Gasteiger partial charge in [0.2, 0.25) is 0 Å². The minimum absolute atomic E-state index is 0.772. The van der Waals surface area contributed by atoms with Crippen LogP contribution in [0.25, 0.3) is 0 Å². The lowest BCUT2D eigenvalue weighted by molar-refractivity contribution is 0.189. The summed E-state index contributed by atoms with van der Waals surface area (Å²) in [6.45, 7) is 11.2. The first-order valence-corrected chi connectivity index (χ1v) is 6.67. The normalized spacial score (nSPS) is 13.8. The molecule has 1 unspecified atom stereocenters. The Kier molecular flexibility index (Phi) is 9.12. The summed E-state index contributed by atoms with van der Waals surface area (Å²) >= 11 is 0. The van der Waals surface area contributed by atoms with Crippen molar-refractivity contribution in [2.75, 3.05) is 13.1 Å².